The van der Waals surface area contributed by atoms with E-state index in [0.29, 0.717) is 17.2 Å². The van der Waals surface area contributed by atoms with Gasteiger partial charge in [-0.3, -0.25) is 4.79 Å². The first kappa shape index (κ1) is 24.6. The quantitative estimate of drug-likeness (QED) is 0.585. The summed E-state index contributed by atoms with van der Waals surface area (Å²) in [5.41, 5.74) is 2.70. The molecule has 0 aromatic heterocycles. The van der Waals surface area contributed by atoms with Gasteiger partial charge >= 0.3 is 5.97 Å². The van der Waals surface area contributed by atoms with Gasteiger partial charge < -0.3 is 4.74 Å². The van der Waals surface area contributed by atoms with Gasteiger partial charge in [0.25, 0.3) is 0 Å². The van der Waals surface area contributed by atoms with E-state index in [2.05, 4.69) is 18.6 Å². The zero-order valence-corrected chi connectivity index (χ0v) is 19.6. The van der Waals surface area contributed by atoms with Crippen LogP contribution < -0.4 is 4.72 Å². The lowest BCUT2D eigenvalue weighted by Gasteiger charge is -2.25. The van der Waals surface area contributed by atoms with E-state index in [0.717, 1.165) is 16.7 Å². The van der Waals surface area contributed by atoms with Gasteiger partial charge in [-0.25, -0.2) is 8.42 Å². The smallest absolute Gasteiger partial charge is 0.323 e. The number of carbonyl (C=O) groups is 1. The Morgan fingerprint density at radius 3 is 1.71 bits per heavy atom. The molecule has 1 rings (SSSR count). The average Bonchev–Trinajstić information content (AvgIpc) is 2.58. The Bertz CT molecular complexity index is 751. The number of nitrogens with one attached hydrogen (secondary N) is 1. The monoisotopic (exact) mass is 411 g/mol. The molecule has 0 aliphatic rings. The molecule has 0 fully saturated rings. The molecule has 0 amide bonds. The number of esters is 1. The highest BCUT2D eigenvalue weighted by Gasteiger charge is 2.32. The SMILES string of the molecule is COC(=O)[C@@H](CC(C)C)NS(=O)(=O)c1c(C(C)C)cc(C(C)C)cc1C(C)C. The van der Waals surface area contributed by atoms with E-state index in [1.807, 2.05) is 53.7 Å². The van der Waals surface area contributed by atoms with Crippen LogP contribution in [0.25, 0.3) is 0 Å². The molecule has 160 valence electrons. The second-order valence-electron chi connectivity index (χ2n) is 8.82. The van der Waals surface area contributed by atoms with Crippen LogP contribution in [0.15, 0.2) is 17.0 Å². The van der Waals surface area contributed by atoms with Crippen molar-refractivity contribution in [1.29, 1.82) is 0 Å². The largest absolute Gasteiger partial charge is 0.468 e. The molecule has 0 heterocycles. The maximum absolute atomic E-state index is 13.5. The lowest BCUT2D eigenvalue weighted by Crippen LogP contribution is -2.43. The zero-order valence-electron chi connectivity index (χ0n) is 18.8. The standard InChI is InChI=1S/C22H37NO4S/c1-13(2)10-20(22(24)27-9)23-28(25,26)21-18(15(5)6)11-17(14(3)4)12-19(21)16(7)8/h11-16,20,23H,10H2,1-9H3/t20-/m1/s1. The lowest BCUT2D eigenvalue weighted by molar-refractivity contribution is -0.143. The molecular weight excluding hydrogens is 374 g/mol. The highest BCUT2D eigenvalue weighted by atomic mass is 32.2. The molecule has 1 aromatic carbocycles. The molecule has 1 aromatic rings. The minimum Gasteiger partial charge on any atom is -0.468 e. The Kier molecular flexibility index (Phi) is 8.69. The van der Waals surface area contributed by atoms with Crippen LogP contribution in [-0.4, -0.2) is 27.5 Å². The Balaban J connectivity index is 3.63. The third-order valence-electron chi connectivity index (χ3n) is 4.84. The predicted octanol–water partition coefficient (Wildman–Crippen LogP) is 4.92. The maximum Gasteiger partial charge on any atom is 0.323 e. The van der Waals surface area contributed by atoms with E-state index in [1.54, 1.807) is 0 Å². The fourth-order valence-electron chi connectivity index (χ4n) is 3.25. The molecule has 0 bridgehead atoms. The van der Waals surface area contributed by atoms with E-state index < -0.39 is 22.0 Å². The number of carbonyl (C=O) groups excluding carboxylic acids is 1. The third kappa shape index (κ3) is 6.05. The van der Waals surface area contributed by atoms with E-state index in [4.69, 9.17) is 4.74 Å². The van der Waals surface area contributed by atoms with Crippen molar-refractivity contribution in [3.8, 4) is 0 Å². The number of sulfonamides is 1. The first-order chi connectivity index (χ1) is 12.8. The van der Waals surface area contributed by atoms with E-state index in [-0.39, 0.29) is 17.8 Å². The van der Waals surface area contributed by atoms with Gasteiger partial charge in [0.05, 0.1) is 12.0 Å². The van der Waals surface area contributed by atoms with Crippen LogP contribution in [0.3, 0.4) is 0 Å². The van der Waals surface area contributed by atoms with Crippen LogP contribution in [0.2, 0.25) is 0 Å². The van der Waals surface area contributed by atoms with E-state index in [9.17, 15) is 13.2 Å². The number of rotatable bonds is 9. The van der Waals surface area contributed by atoms with Gasteiger partial charge in [0.15, 0.2) is 0 Å². The minimum absolute atomic E-state index is 0.0319. The fourth-order valence-corrected chi connectivity index (χ4v) is 5.15. The Morgan fingerprint density at radius 1 is 0.929 bits per heavy atom. The molecule has 1 N–H and O–H groups in total. The Labute approximate surface area is 171 Å². The van der Waals surface area contributed by atoms with Crippen molar-refractivity contribution < 1.29 is 17.9 Å². The summed E-state index contributed by atoms with van der Waals surface area (Å²) >= 11 is 0. The normalized spacial score (nSPS) is 13.6. The Morgan fingerprint density at radius 2 is 1.39 bits per heavy atom. The second kappa shape index (κ2) is 9.88. The van der Waals surface area contributed by atoms with Crippen molar-refractivity contribution in [3.05, 3.63) is 28.8 Å². The van der Waals surface area contributed by atoms with Crippen LogP contribution >= 0.6 is 0 Å². The molecule has 0 saturated carbocycles. The summed E-state index contributed by atoms with van der Waals surface area (Å²) in [6.45, 7) is 16.1. The summed E-state index contributed by atoms with van der Waals surface area (Å²) in [4.78, 5) is 12.5. The highest BCUT2D eigenvalue weighted by molar-refractivity contribution is 7.89. The molecular formula is C22H37NO4S. The van der Waals surface area contributed by atoms with Crippen molar-refractivity contribution >= 4 is 16.0 Å². The first-order valence-electron chi connectivity index (χ1n) is 10.1. The maximum atomic E-state index is 13.5. The summed E-state index contributed by atoms with van der Waals surface area (Å²) in [6, 6.07) is 3.08. The van der Waals surface area contributed by atoms with Gasteiger partial charge in [-0.15, -0.1) is 0 Å². The summed E-state index contributed by atoms with van der Waals surface area (Å²) in [7, 11) is -2.63. The molecule has 0 radical (unpaired) electrons. The highest BCUT2D eigenvalue weighted by Crippen LogP contribution is 2.35. The number of hydrogen-bond acceptors (Lipinski definition) is 4. The van der Waals surface area contributed by atoms with Crippen LogP contribution in [0.5, 0.6) is 0 Å². The van der Waals surface area contributed by atoms with Crippen LogP contribution in [0.4, 0.5) is 0 Å². The molecule has 28 heavy (non-hydrogen) atoms. The van der Waals surface area contributed by atoms with Crippen LogP contribution in [-0.2, 0) is 19.6 Å². The van der Waals surface area contributed by atoms with Gasteiger partial charge in [-0.1, -0.05) is 67.5 Å². The van der Waals surface area contributed by atoms with Crippen molar-refractivity contribution in [1.82, 2.24) is 4.72 Å². The second-order valence-corrected chi connectivity index (χ2v) is 10.5. The summed E-state index contributed by atoms with van der Waals surface area (Å²) in [5, 5.41) is 0. The van der Waals surface area contributed by atoms with Gasteiger partial charge in [-0.05, 0) is 46.8 Å². The van der Waals surface area contributed by atoms with Crippen molar-refractivity contribution in [2.75, 3.05) is 7.11 Å². The van der Waals surface area contributed by atoms with Crippen molar-refractivity contribution in [2.24, 2.45) is 5.92 Å². The summed E-state index contributed by atoms with van der Waals surface area (Å²) < 4.78 is 34.4. The zero-order chi connectivity index (χ0) is 21.8. The summed E-state index contributed by atoms with van der Waals surface area (Å²) in [6.07, 6.45) is 0.379. The molecule has 5 nitrogen and oxygen atoms in total. The number of hydrogen-bond donors (Lipinski definition) is 1. The molecule has 6 heteroatoms. The first-order valence-corrected chi connectivity index (χ1v) is 11.6. The van der Waals surface area contributed by atoms with E-state index >= 15 is 0 Å². The van der Waals surface area contributed by atoms with Gasteiger partial charge in [0, 0.05) is 0 Å². The number of ether oxygens (including phenoxy) is 1. The average molecular weight is 412 g/mol. The number of methoxy groups -OCH3 is 1. The van der Waals surface area contributed by atoms with Gasteiger partial charge in [-0.2, -0.15) is 4.72 Å². The predicted molar refractivity (Wildman–Crippen MR) is 114 cm³/mol. The third-order valence-corrected chi connectivity index (χ3v) is 6.44. The Hall–Kier alpha value is -1.40. The minimum atomic E-state index is -3.90. The molecule has 0 unspecified atom stereocenters. The van der Waals surface area contributed by atoms with Crippen LogP contribution in [0, 0.1) is 5.92 Å². The van der Waals surface area contributed by atoms with Crippen molar-refractivity contribution in [3.63, 3.8) is 0 Å². The molecule has 1 atom stereocenters. The van der Waals surface area contributed by atoms with Gasteiger partial charge in [0.2, 0.25) is 10.0 Å². The molecule has 0 aliphatic carbocycles. The van der Waals surface area contributed by atoms with Gasteiger partial charge in [0.1, 0.15) is 6.04 Å². The lowest BCUT2D eigenvalue weighted by atomic mass is 9.89. The van der Waals surface area contributed by atoms with E-state index in [1.165, 1.54) is 7.11 Å². The van der Waals surface area contributed by atoms with Crippen LogP contribution in [0.1, 0.15) is 96.3 Å². The fraction of sp³-hybridized carbons (Fsp3) is 0.682. The van der Waals surface area contributed by atoms with Crippen molar-refractivity contribution in [2.45, 2.75) is 90.5 Å². The summed E-state index contributed by atoms with van der Waals surface area (Å²) in [5.74, 6) is -0.0603. The molecule has 0 spiro atoms. The molecule has 0 saturated heterocycles. The number of benzene rings is 1. The topological polar surface area (TPSA) is 72.5 Å². The molecule has 0 aliphatic heterocycles.